The molecule has 0 fully saturated rings. The lowest BCUT2D eigenvalue weighted by Gasteiger charge is -2.30. The number of halogens is 1. The van der Waals surface area contributed by atoms with E-state index in [0.29, 0.717) is 24.4 Å². The van der Waals surface area contributed by atoms with Gasteiger partial charge in [-0.05, 0) is 54.7 Å². The molecular weight excluding hydrogens is 436 g/mol. The number of fused-ring (bicyclic) bond motifs is 1. The van der Waals surface area contributed by atoms with Crippen molar-refractivity contribution < 1.29 is 14.6 Å². The number of carbonyl (C=O) groups excluding carboxylic acids is 1. The number of benzene rings is 3. The molecule has 0 aromatic heterocycles. The van der Waals surface area contributed by atoms with Gasteiger partial charge in [-0.25, -0.2) is 0 Å². The third-order valence-corrected chi connectivity index (χ3v) is 6.55. The van der Waals surface area contributed by atoms with Crippen LogP contribution in [-0.4, -0.2) is 17.5 Å². The summed E-state index contributed by atoms with van der Waals surface area (Å²) in [7, 11) is 0. The van der Waals surface area contributed by atoms with Crippen molar-refractivity contribution in [2.75, 3.05) is 17.2 Å². The van der Waals surface area contributed by atoms with Crippen molar-refractivity contribution in [2.24, 2.45) is 0 Å². The number of carbonyl (C=O) groups is 1. The molecule has 2 atom stereocenters. The zero-order valence-electron chi connectivity index (χ0n) is 18.3. The number of ketones is 1. The van der Waals surface area contributed by atoms with Gasteiger partial charge < -0.3 is 20.5 Å². The number of aromatic hydroxyl groups is 1. The predicted molar refractivity (Wildman–Crippen MR) is 131 cm³/mol. The lowest BCUT2D eigenvalue weighted by molar-refractivity contribution is -0.116. The molecule has 3 N–H and O–H groups in total. The van der Waals surface area contributed by atoms with Gasteiger partial charge in [0.05, 0.1) is 29.0 Å². The molecule has 6 heteroatoms. The van der Waals surface area contributed by atoms with Crippen LogP contribution in [0.2, 0.25) is 5.02 Å². The van der Waals surface area contributed by atoms with E-state index in [1.807, 2.05) is 49.4 Å². The molecule has 1 heterocycles. The molecule has 0 amide bonds. The Morgan fingerprint density at radius 2 is 1.73 bits per heavy atom. The molecular formula is C27H25ClN2O3. The standard InChI is InChI=1S/C27H25ClN2O3/c1-2-33-24-15-18(12-19(28)27(24)32)26-25-22(29-20-10-6-7-11-21(20)30-26)13-17(14-23(25)31)16-8-4-3-5-9-16/h3-12,15,17,26,29-30,32H,2,13-14H2,1H3/t17-,26+/m0/s1. The molecule has 2 aliphatic rings. The summed E-state index contributed by atoms with van der Waals surface area (Å²) >= 11 is 6.36. The fraction of sp³-hybridized carbons (Fsp3) is 0.222. The van der Waals surface area contributed by atoms with Crippen molar-refractivity contribution in [1.29, 1.82) is 0 Å². The molecule has 1 aliphatic heterocycles. The van der Waals surface area contributed by atoms with E-state index in [9.17, 15) is 9.90 Å². The summed E-state index contributed by atoms with van der Waals surface area (Å²) in [5.41, 5.74) is 5.34. The van der Waals surface area contributed by atoms with Gasteiger partial charge in [0.1, 0.15) is 0 Å². The van der Waals surface area contributed by atoms with Crippen LogP contribution in [0.3, 0.4) is 0 Å². The number of rotatable bonds is 4. The third kappa shape index (κ3) is 4.05. The van der Waals surface area contributed by atoms with Crippen molar-refractivity contribution >= 4 is 28.8 Å². The molecule has 0 saturated carbocycles. The Kier molecular flexibility index (Phi) is 5.73. The van der Waals surface area contributed by atoms with Gasteiger partial charge in [-0.15, -0.1) is 0 Å². The minimum atomic E-state index is -0.433. The first-order chi connectivity index (χ1) is 16.0. The van der Waals surface area contributed by atoms with E-state index in [2.05, 4.69) is 22.8 Å². The Labute approximate surface area is 198 Å². The highest BCUT2D eigenvalue weighted by molar-refractivity contribution is 6.32. The molecule has 168 valence electrons. The van der Waals surface area contributed by atoms with Crippen LogP contribution in [0.1, 0.15) is 42.9 Å². The van der Waals surface area contributed by atoms with E-state index in [-0.39, 0.29) is 22.5 Å². The maximum absolute atomic E-state index is 13.6. The van der Waals surface area contributed by atoms with Crippen LogP contribution >= 0.6 is 11.6 Å². The molecule has 0 spiro atoms. The highest BCUT2D eigenvalue weighted by Gasteiger charge is 2.36. The van der Waals surface area contributed by atoms with Gasteiger partial charge in [0.25, 0.3) is 0 Å². The number of phenolic OH excluding ortho intramolecular Hbond substituents is 1. The highest BCUT2D eigenvalue weighted by atomic mass is 35.5. The van der Waals surface area contributed by atoms with E-state index in [1.165, 1.54) is 0 Å². The van der Waals surface area contributed by atoms with Gasteiger partial charge in [-0.2, -0.15) is 0 Å². The van der Waals surface area contributed by atoms with Gasteiger partial charge in [0.15, 0.2) is 17.3 Å². The Morgan fingerprint density at radius 3 is 2.48 bits per heavy atom. The second kappa shape index (κ2) is 8.83. The Bertz CT molecular complexity index is 1240. The monoisotopic (exact) mass is 460 g/mol. The average Bonchev–Trinajstić information content (AvgIpc) is 2.99. The van der Waals surface area contributed by atoms with E-state index >= 15 is 0 Å². The lowest BCUT2D eigenvalue weighted by Crippen LogP contribution is -2.27. The molecule has 0 saturated heterocycles. The first-order valence-corrected chi connectivity index (χ1v) is 11.5. The van der Waals surface area contributed by atoms with Crippen molar-refractivity contribution in [3.05, 3.63) is 94.1 Å². The smallest absolute Gasteiger partial charge is 0.176 e. The van der Waals surface area contributed by atoms with E-state index in [1.54, 1.807) is 12.1 Å². The van der Waals surface area contributed by atoms with Gasteiger partial charge in [0, 0.05) is 17.7 Å². The van der Waals surface area contributed by atoms with Gasteiger partial charge in [-0.3, -0.25) is 4.79 Å². The van der Waals surface area contributed by atoms with Crippen molar-refractivity contribution in [1.82, 2.24) is 0 Å². The SMILES string of the molecule is CCOc1cc([C@H]2Nc3ccccc3NC3=C2C(=O)C[C@@H](c2ccccc2)C3)cc(Cl)c1O. The van der Waals surface area contributed by atoms with Crippen molar-refractivity contribution in [3.63, 3.8) is 0 Å². The second-order valence-electron chi connectivity index (χ2n) is 8.36. The topological polar surface area (TPSA) is 70.6 Å². The number of ether oxygens (including phenoxy) is 1. The van der Waals surface area contributed by atoms with E-state index in [4.69, 9.17) is 16.3 Å². The van der Waals surface area contributed by atoms with Crippen LogP contribution in [0.4, 0.5) is 11.4 Å². The van der Waals surface area contributed by atoms with Crippen molar-refractivity contribution in [3.8, 4) is 11.5 Å². The van der Waals surface area contributed by atoms with Crippen LogP contribution in [0.5, 0.6) is 11.5 Å². The highest BCUT2D eigenvalue weighted by Crippen LogP contribution is 2.46. The lowest BCUT2D eigenvalue weighted by atomic mass is 9.78. The first-order valence-electron chi connectivity index (χ1n) is 11.1. The average molecular weight is 461 g/mol. The molecule has 33 heavy (non-hydrogen) atoms. The molecule has 1 aliphatic carbocycles. The fourth-order valence-electron chi connectivity index (χ4n) is 4.73. The molecule has 3 aromatic carbocycles. The van der Waals surface area contributed by atoms with Gasteiger partial charge in [0.2, 0.25) is 0 Å². The number of hydrogen-bond donors (Lipinski definition) is 3. The normalized spacial score (nSPS) is 19.6. The third-order valence-electron chi connectivity index (χ3n) is 6.26. The number of phenols is 1. The minimum Gasteiger partial charge on any atom is -0.503 e. The second-order valence-corrected chi connectivity index (χ2v) is 8.77. The van der Waals surface area contributed by atoms with Gasteiger partial charge >= 0.3 is 0 Å². The van der Waals surface area contributed by atoms with Crippen LogP contribution < -0.4 is 15.4 Å². The van der Waals surface area contributed by atoms with Crippen LogP contribution in [-0.2, 0) is 4.79 Å². The summed E-state index contributed by atoms with van der Waals surface area (Å²) in [5, 5.41) is 17.6. The fourth-order valence-corrected chi connectivity index (χ4v) is 4.95. The van der Waals surface area contributed by atoms with Crippen LogP contribution in [0, 0.1) is 0 Å². The summed E-state index contributed by atoms with van der Waals surface area (Å²) in [6.45, 7) is 2.24. The molecule has 0 radical (unpaired) electrons. The summed E-state index contributed by atoms with van der Waals surface area (Å²) < 4.78 is 5.61. The predicted octanol–water partition coefficient (Wildman–Crippen LogP) is 6.42. The van der Waals surface area contributed by atoms with E-state index in [0.717, 1.165) is 34.6 Å². The summed E-state index contributed by atoms with van der Waals surface area (Å²) in [6, 6.07) is 21.1. The van der Waals surface area contributed by atoms with Crippen molar-refractivity contribution in [2.45, 2.75) is 31.7 Å². The molecule has 0 unspecified atom stereocenters. The van der Waals surface area contributed by atoms with E-state index < -0.39 is 6.04 Å². The number of allylic oxidation sites excluding steroid dienone is 1. The quantitative estimate of drug-likeness (QED) is 0.419. The Morgan fingerprint density at radius 1 is 1.00 bits per heavy atom. The zero-order valence-corrected chi connectivity index (χ0v) is 19.0. The first kappa shape index (κ1) is 21.4. The Hall–Kier alpha value is -3.44. The minimum absolute atomic E-state index is 0.0880. The number of para-hydroxylation sites is 2. The van der Waals surface area contributed by atoms with Gasteiger partial charge in [-0.1, -0.05) is 54.1 Å². The molecule has 0 bridgehead atoms. The van der Waals surface area contributed by atoms with Crippen LogP contribution in [0.25, 0.3) is 0 Å². The summed E-state index contributed by atoms with van der Waals surface area (Å²) in [5.74, 6) is 0.408. The number of anilines is 2. The zero-order chi connectivity index (χ0) is 22.9. The maximum Gasteiger partial charge on any atom is 0.176 e. The summed E-state index contributed by atoms with van der Waals surface area (Å²) in [4.78, 5) is 13.6. The molecule has 5 nitrogen and oxygen atoms in total. The number of nitrogens with one attached hydrogen (secondary N) is 2. The maximum atomic E-state index is 13.6. The Balaban J connectivity index is 1.64. The number of Topliss-reactive ketones (excluding diaryl/α,β-unsaturated/α-hetero) is 1. The number of hydrogen-bond acceptors (Lipinski definition) is 5. The molecule has 3 aromatic rings. The largest absolute Gasteiger partial charge is 0.503 e. The van der Waals surface area contributed by atoms with Crippen LogP contribution in [0.15, 0.2) is 78.0 Å². The summed E-state index contributed by atoms with van der Waals surface area (Å²) in [6.07, 6.45) is 1.16. The molecule has 5 rings (SSSR count).